The molecule has 39 heavy (non-hydrogen) atoms. The van der Waals surface area contributed by atoms with Gasteiger partial charge < -0.3 is 15.5 Å². The highest BCUT2D eigenvalue weighted by Gasteiger charge is 2.62. The minimum absolute atomic E-state index is 0.0476. The Kier molecular flexibility index (Phi) is 8.16. The molecule has 2 amide bonds. The average Bonchev–Trinajstić information content (AvgIpc) is 3.27. The van der Waals surface area contributed by atoms with Gasteiger partial charge >= 0.3 is 18.5 Å². The largest absolute Gasteiger partial charge is 0.435 e. The van der Waals surface area contributed by atoms with E-state index in [1.807, 2.05) is 0 Å². The monoisotopic (exact) mass is 589 g/mol. The van der Waals surface area contributed by atoms with Crippen molar-refractivity contribution in [3.63, 3.8) is 0 Å². The van der Waals surface area contributed by atoms with Crippen LogP contribution >= 0.6 is 11.6 Å². The highest BCUT2D eigenvalue weighted by Crippen LogP contribution is 2.50. The summed E-state index contributed by atoms with van der Waals surface area (Å²) >= 11 is 5.68. The van der Waals surface area contributed by atoms with Crippen molar-refractivity contribution >= 4 is 29.1 Å². The van der Waals surface area contributed by atoms with Crippen molar-refractivity contribution in [2.75, 3.05) is 13.1 Å². The molecule has 0 saturated carbocycles. The summed E-state index contributed by atoms with van der Waals surface area (Å²) < 4.78 is 119. The normalized spacial score (nSPS) is 17.9. The molecule has 6 nitrogen and oxygen atoms in total. The maximum absolute atomic E-state index is 14.2. The maximum atomic E-state index is 14.2. The summed E-state index contributed by atoms with van der Waals surface area (Å²) in [4.78, 5) is 28.6. The van der Waals surface area contributed by atoms with Crippen LogP contribution in [0.5, 0.6) is 0 Å². The van der Waals surface area contributed by atoms with Crippen LogP contribution in [0.25, 0.3) is 0 Å². The molecule has 0 spiro atoms. The van der Waals surface area contributed by atoms with E-state index in [1.54, 1.807) is 5.32 Å². The van der Waals surface area contributed by atoms with Gasteiger partial charge in [0.25, 0.3) is 11.5 Å². The molecule has 2 N–H and O–H groups in total. The molecular weight excluding hydrogens is 573 g/mol. The van der Waals surface area contributed by atoms with Gasteiger partial charge in [-0.05, 0) is 48.4 Å². The van der Waals surface area contributed by atoms with Crippen molar-refractivity contribution in [1.29, 1.82) is 0 Å². The summed E-state index contributed by atoms with van der Waals surface area (Å²) in [5.74, 6) is -1.96. The van der Waals surface area contributed by atoms with Gasteiger partial charge in [0, 0.05) is 22.6 Å². The summed E-state index contributed by atoms with van der Waals surface area (Å²) in [6.07, 6.45) is -15.9. The molecule has 0 aromatic heterocycles. The Bertz CT molecular complexity index is 1310. The summed E-state index contributed by atoms with van der Waals surface area (Å²) in [6.45, 7) is -0.974. The predicted octanol–water partition coefficient (Wildman–Crippen LogP) is 5.66. The van der Waals surface area contributed by atoms with Gasteiger partial charge in [0.15, 0.2) is 0 Å². The third kappa shape index (κ3) is 6.94. The molecule has 0 bridgehead atoms. The Morgan fingerprint density at radius 1 is 1.00 bits per heavy atom. The molecule has 1 unspecified atom stereocenters. The molecule has 212 valence electrons. The summed E-state index contributed by atoms with van der Waals surface area (Å²) in [5.41, 5.74) is -5.70. The zero-order valence-corrected chi connectivity index (χ0v) is 20.3. The van der Waals surface area contributed by atoms with Gasteiger partial charge in [-0.15, -0.1) is 0 Å². The first-order chi connectivity index (χ1) is 17.8. The smallest absolute Gasteiger partial charge is 0.374 e. The molecule has 1 heterocycles. The lowest BCUT2D eigenvalue weighted by Gasteiger charge is -2.30. The highest BCUT2D eigenvalue weighted by atomic mass is 35.5. The lowest BCUT2D eigenvalue weighted by Crippen LogP contribution is -2.43. The van der Waals surface area contributed by atoms with Crippen molar-refractivity contribution in [2.24, 2.45) is 5.16 Å². The first kappa shape index (κ1) is 30.1. The fraction of sp³-hybridized carbons (Fsp3) is 0.348. The lowest BCUT2D eigenvalue weighted by atomic mass is 9.85. The van der Waals surface area contributed by atoms with Gasteiger partial charge in [-0.3, -0.25) is 9.59 Å². The first-order valence-corrected chi connectivity index (χ1v) is 11.1. The molecule has 0 aliphatic carbocycles. The highest BCUT2D eigenvalue weighted by molar-refractivity contribution is 6.30. The van der Waals surface area contributed by atoms with Crippen LogP contribution in [-0.2, 0) is 21.4 Å². The van der Waals surface area contributed by atoms with E-state index >= 15 is 0 Å². The SMILES string of the molecule is Cc1cc(C2=NOC(c3cc(Cl)cc(C(F)(F)F)c3)(C(F)(F)F)C2)ccc1C(=O)NCC(=O)NCC(F)(F)F. The molecule has 0 saturated heterocycles. The number of nitrogens with one attached hydrogen (secondary N) is 2. The van der Waals surface area contributed by atoms with E-state index in [9.17, 15) is 49.1 Å². The van der Waals surface area contributed by atoms with Crippen molar-refractivity contribution < 1.29 is 53.9 Å². The summed E-state index contributed by atoms with van der Waals surface area (Å²) in [7, 11) is 0. The van der Waals surface area contributed by atoms with Crippen LogP contribution in [0.15, 0.2) is 41.6 Å². The molecule has 1 aliphatic rings. The molecule has 16 heteroatoms. The lowest BCUT2D eigenvalue weighted by molar-refractivity contribution is -0.276. The zero-order chi connectivity index (χ0) is 29.4. The number of amides is 2. The van der Waals surface area contributed by atoms with E-state index in [0.29, 0.717) is 12.1 Å². The minimum atomic E-state index is -5.21. The van der Waals surface area contributed by atoms with Gasteiger partial charge in [0.2, 0.25) is 5.91 Å². The fourth-order valence-electron chi connectivity index (χ4n) is 3.66. The first-order valence-electron chi connectivity index (χ1n) is 10.7. The Labute approximate surface area is 219 Å². The van der Waals surface area contributed by atoms with Gasteiger partial charge in [-0.1, -0.05) is 22.8 Å². The Hall–Kier alpha value is -3.49. The number of nitrogens with zero attached hydrogens (tertiary/aromatic N) is 1. The van der Waals surface area contributed by atoms with Crippen molar-refractivity contribution in [2.45, 2.75) is 37.5 Å². The van der Waals surface area contributed by atoms with Crippen LogP contribution in [0.2, 0.25) is 5.02 Å². The Balaban J connectivity index is 1.81. The molecule has 0 fully saturated rings. The summed E-state index contributed by atoms with van der Waals surface area (Å²) in [5, 5.41) is 6.55. The Morgan fingerprint density at radius 2 is 1.67 bits per heavy atom. The van der Waals surface area contributed by atoms with E-state index in [4.69, 9.17) is 16.4 Å². The van der Waals surface area contributed by atoms with Gasteiger partial charge in [0.05, 0.1) is 17.8 Å². The third-order valence-electron chi connectivity index (χ3n) is 5.58. The quantitative estimate of drug-likeness (QED) is 0.427. The summed E-state index contributed by atoms with van der Waals surface area (Å²) in [6, 6.07) is 5.07. The van der Waals surface area contributed by atoms with Crippen molar-refractivity contribution in [1.82, 2.24) is 10.6 Å². The van der Waals surface area contributed by atoms with Crippen molar-refractivity contribution in [3.05, 3.63) is 69.2 Å². The molecule has 0 radical (unpaired) electrons. The zero-order valence-electron chi connectivity index (χ0n) is 19.5. The number of hydrogen-bond donors (Lipinski definition) is 2. The minimum Gasteiger partial charge on any atom is -0.374 e. The molecular formula is C23H17ClF9N3O3. The molecule has 1 atom stereocenters. The van der Waals surface area contributed by atoms with Crippen molar-refractivity contribution in [3.8, 4) is 0 Å². The standard InChI is InChI=1S/C23H17ClF9N3O3/c1-11-4-12(2-3-16(11)19(38)34-9-18(37)35-10-21(25,26)27)17-8-20(39-36-17,23(31,32)33)13-5-14(22(28,29)30)7-15(24)6-13/h2-7H,8-10H2,1H3,(H,34,38)(H,35,37). The number of oxime groups is 1. The van der Waals surface area contributed by atoms with Gasteiger partial charge in [0.1, 0.15) is 6.54 Å². The molecule has 1 aliphatic heterocycles. The second-order valence-corrected chi connectivity index (χ2v) is 8.90. The fourth-order valence-corrected chi connectivity index (χ4v) is 3.90. The number of carbonyl (C=O) groups is 2. The average molecular weight is 590 g/mol. The van der Waals surface area contributed by atoms with Gasteiger partial charge in [-0.2, -0.15) is 39.5 Å². The number of carbonyl (C=O) groups excluding carboxylic acids is 2. The van der Waals surface area contributed by atoms with E-state index in [1.165, 1.54) is 25.1 Å². The number of aryl methyl sites for hydroxylation is 1. The number of rotatable bonds is 6. The Morgan fingerprint density at radius 3 is 2.23 bits per heavy atom. The number of benzene rings is 2. The van der Waals surface area contributed by atoms with Crippen LogP contribution < -0.4 is 10.6 Å². The van der Waals surface area contributed by atoms with E-state index in [0.717, 1.165) is 0 Å². The van der Waals surface area contributed by atoms with E-state index in [-0.39, 0.29) is 28.5 Å². The van der Waals surface area contributed by atoms with Crippen LogP contribution in [0, 0.1) is 6.92 Å². The second kappa shape index (κ2) is 10.6. The second-order valence-electron chi connectivity index (χ2n) is 8.46. The topological polar surface area (TPSA) is 79.8 Å². The molecule has 2 aromatic rings. The number of halogens is 10. The number of hydrogen-bond acceptors (Lipinski definition) is 4. The van der Waals surface area contributed by atoms with Crippen LogP contribution in [0.3, 0.4) is 0 Å². The molecule has 3 rings (SSSR count). The predicted molar refractivity (Wildman–Crippen MR) is 119 cm³/mol. The van der Waals surface area contributed by atoms with Gasteiger partial charge in [-0.25, -0.2) is 0 Å². The third-order valence-corrected chi connectivity index (χ3v) is 5.80. The maximum Gasteiger partial charge on any atom is 0.435 e. The van der Waals surface area contributed by atoms with Crippen LogP contribution in [0.1, 0.15) is 39.0 Å². The number of alkyl halides is 9. The molecule has 2 aromatic carbocycles. The van der Waals surface area contributed by atoms with E-state index < -0.39 is 71.6 Å². The van der Waals surface area contributed by atoms with E-state index in [2.05, 4.69) is 10.5 Å². The van der Waals surface area contributed by atoms with Crippen LogP contribution in [0.4, 0.5) is 39.5 Å². The van der Waals surface area contributed by atoms with Crippen LogP contribution in [-0.4, -0.2) is 43.0 Å².